The van der Waals surface area contributed by atoms with E-state index in [4.69, 9.17) is 0 Å². The van der Waals surface area contributed by atoms with E-state index in [1.54, 1.807) is 17.5 Å². The molecule has 1 N–H and O–H groups in total. The minimum absolute atomic E-state index is 0.0427. The molecule has 0 aromatic heterocycles. The molecule has 1 aromatic rings. The van der Waals surface area contributed by atoms with Crippen LogP contribution in [0.2, 0.25) is 0 Å². The first-order valence-corrected chi connectivity index (χ1v) is 5.93. The van der Waals surface area contributed by atoms with Crippen molar-refractivity contribution in [2.75, 3.05) is 12.5 Å². The highest BCUT2D eigenvalue weighted by molar-refractivity contribution is 7.98. The molecule has 0 aliphatic rings. The van der Waals surface area contributed by atoms with Crippen LogP contribution in [-0.2, 0) is 10.9 Å². The summed E-state index contributed by atoms with van der Waals surface area (Å²) in [6.45, 7) is 0. The zero-order valence-corrected chi connectivity index (χ0v) is 8.44. The number of halogens is 1. The Hall–Kier alpha value is -0.960. The predicted octanol–water partition coefficient (Wildman–Crippen LogP) is 2.56. The molecule has 0 saturated heterocycles. The van der Waals surface area contributed by atoms with E-state index in [-0.39, 0.29) is 22.5 Å². The number of hydrogen-bond acceptors (Lipinski definition) is 1. The minimum atomic E-state index is -0.288. The first kappa shape index (κ1) is 10.1. The molecular weight excluding hydrogens is 187 g/mol. The minimum Gasteiger partial charge on any atom is -0.503 e. The summed E-state index contributed by atoms with van der Waals surface area (Å²) < 4.78 is 12.5. The molecule has 0 fully saturated rings. The summed E-state index contributed by atoms with van der Waals surface area (Å²) in [6.07, 6.45) is 4.00. The molecule has 0 amide bonds. The second-order valence-electron chi connectivity index (χ2n) is 2.89. The Bertz CT molecular complexity index is 303. The van der Waals surface area contributed by atoms with Gasteiger partial charge in [-0.3, -0.25) is 0 Å². The number of aliphatic hydroxyl groups excluding tert-OH is 1. The van der Waals surface area contributed by atoms with Gasteiger partial charge in [-0.1, -0.05) is 0 Å². The molecule has 13 heavy (non-hydrogen) atoms. The van der Waals surface area contributed by atoms with E-state index in [0.717, 1.165) is 0 Å². The van der Waals surface area contributed by atoms with E-state index >= 15 is 0 Å². The zero-order valence-electron chi connectivity index (χ0n) is 7.62. The lowest BCUT2D eigenvalue weighted by Crippen LogP contribution is -1.91. The van der Waals surface area contributed by atoms with Gasteiger partial charge in [-0.25, -0.2) is 4.39 Å². The number of rotatable bonds is 2. The predicted molar refractivity (Wildman–Crippen MR) is 56.2 cm³/mol. The second-order valence-corrected chi connectivity index (χ2v) is 4.88. The van der Waals surface area contributed by atoms with Gasteiger partial charge in [0.2, 0.25) is 0 Å². The Morgan fingerprint density at radius 2 is 1.85 bits per heavy atom. The van der Waals surface area contributed by atoms with Gasteiger partial charge >= 0.3 is 0 Å². The molecule has 0 aliphatic carbocycles. The third kappa shape index (κ3) is 3.11. The van der Waals surface area contributed by atoms with Crippen molar-refractivity contribution in [1.29, 1.82) is 0 Å². The van der Waals surface area contributed by atoms with Gasteiger partial charge in [-0.05, 0) is 24.3 Å². The SMILES string of the molecule is C[S+](C)/C=C(\O)c1ccc(F)cc1. The first-order valence-electron chi connectivity index (χ1n) is 3.82. The van der Waals surface area contributed by atoms with Crippen LogP contribution in [0.4, 0.5) is 4.39 Å². The maximum Gasteiger partial charge on any atom is 0.170 e. The summed E-state index contributed by atoms with van der Waals surface area (Å²) in [7, 11) is 0.0427. The summed E-state index contributed by atoms with van der Waals surface area (Å²) in [5, 5.41) is 11.3. The van der Waals surface area contributed by atoms with E-state index in [2.05, 4.69) is 0 Å². The lowest BCUT2D eigenvalue weighted by molar-refractivity contribution is 0.512. The number of aliphatic hydroxyl groups is 1. The molecule has 0 saturated carbocycles. The highest BCUT2D eigenvalue weighted by Crippen LogP contribution is 2.12. The fourth-order valence-electron chi connectivity index (χ4n) is 0.912. The van der Waals surface area contributed by atoms with E-state index < -0.39 is 0 Å². The summed E-state index contributed by atoms with van der Waals surface area (Å²) in [5.41, 5.74) is 0.655. The topological polar surface area (TPSA) is 20.2 Å². The average Bonchev–Trinajstić information content (AvgIpc) is 2.04. The van der Waals surface area contributed by atoms with Crippen LogP contribution in [-0.4, -0.2) is 17.6 Å². The van der Waals surface area contributed by atoms with Crippen molar-refractivity contribution in [3.05, 3.63) is 41.1 Å². The van der Waals surface area contributed by atoms with Crippen molar-refractivity contribution >= 4 is 16.7 Å². The molecule has 1 rings (SSSR count). The Labute approximate surface area is 80.3 Å². The van der Waals surface area contributed by atoms with Crippen molar-refractivity contribution < 1.29 is 9.50 Å². The molecule has 1 nitrogen and oxygen atoms in total. The fraction of sp³-hybridized carbons (Fsp3) is 0.200. The molecule has 1 aromatic carbocycles. The molecule has 70 valence electrons. The van der Waals surface area contributed by atoms with Gasteiger partial charge in [0.25, 0.3) is 0 Å². The van der Waals surface area contributed by atoms with Gasteiger partial charge in [-0.2, -0.15) is 0 Å². The Kier molecular flexibility index (Phi) is 3.37. The van der Waals surface area contributed by atoms with E-state index in [0.29, 0.717) is 5.56 Å². The Morgan fingerprint density at radius 1 is 1.31 bits per heavy atom. The summed E-state index contributed by atoms with van der Waals surface area (Å²) in [5.74, 6) is -0.0723. The van der Waals surface area contributed by atoms with Gasteiger partial charge in [0, 0.05) is 16.5 Å². The lowest BCUT2D eigenvalue weighted by atomic mass is 10.2. The first-order chi connectivity index (χ1) is 6.09. The molecule has 0 atom stereocenters. The van der Waals surface area contributed by atoms with Crippen molar-refractivity contribution in [3.8, 4) is 0 Å². The summed E-state index contributed by atoms with van der Waals surface area (Å²) in [4.78, 5) is 0. The summed E-state index contributed by atoms with van der Waals surface area (Å²) in [6, 6.07) is 5.80. The number of benzene rings is 1. The third-order valence-electron chi connectivity index (χ3n) is 1.49. The molecule has 0 bridgehead atoms. The Morgan fingerprint density at radius 3 is 2.31 bits per heavy atom. The van der Waals surface area contributed by atoms with Crippen LogP contribution in [0.15, 0.2) is 29.7 Å². The van der Waals surface area contributed by atoms with Crippen LogP contribution in [0.25, 0.3) is 5.76 Å². The second kappa shape index (κ2) is 4.33. The smallest absolute Gasteiger partial charge is 0.170 e. The van der Waals surface area contributed by atoms with Crippen molar-refractivity contribution in [2.45, 2.75) is 0 Å². The van der Waals surface area contributed by atoms with Crippen molar-refractivity contribution in [3.63, 3.8) is 0 Å². The van der Waals surface area contributed by atoms with Crippen LogP contribution >= 0.6 is 0 Å². The Balaban J connectivity index is 2.89. The third-order valence-corrected chi connectivity index (χ3v) is 2.18. The van der Waals surface area contributed by atoms with Gasteiger partial charge in [0.1, 0.15) is 18.3 Å². The van der Waals surface area contributed by atoms with Crippen LogP contribution in [0, 0.1) is 5.82 Å². The quantitative estimate of drug-likeness (QED) is 0.573. The van der Waals surface area contributed by atoms with Gasteiger partial charge < -0.3 is 5.11 Å². The lowest BCUT2D eigenvalue weighted by Gasteiger charge is -1.97. The molecule has 0 unspecified atom stereocenters. The van der Waals surface area contributed by atoms with Crippen molar-refractivity contribution in [1.82, 2.24) is 0 Å². The molecule has 0 radical (unpaired) electrons. The maximum absolute atomic E-state index is 12.5. The molecule has 0 spiro atoms. The van der Waals surface area contributed by atoms with Gasteiger partial charge in [0.05, 0.1) is 0 Å². The largest absolute Gasteiger partial charge is 0.503 e. The van der Waals surface area contributed by atoms with Crippen LogP contribution in [0.1, 0.15) is 5.56 Å². The maximum atomic E-state index is 12.5. The highest BCUT2D eigenvalue weighted by atomic mass is 32.2. The molecular formula is C10H12FOS+. The van der Waals surface area contributed by atoms with Crippen LogP contribution in [0.5, 0.6) is 0 Å². The fourth-order valence-corrected chi connectivity index (χ4v) is 1.49. The van der Waals surface area contributed by atoms with Gasteiger partial charge in [-0.15, -0.1) is 0 Å². The van der Waals surface area contributed by atoms with E-state index in [1.165, 1.54) is 12.1 Å². The normalized spacial score (nSPS) is 12.2. The zero-order chi connectivity index (χ0) is 9.84. The molecule has 0 aliphatic heterocycles. The van der Waals surface area contributed by atoms with Gasteiger partial charge in [0.15, 0.2) is 11.2 Å². The highest BCUT2D eigenvalue weighted by Gasteiger charge is 2.04. The van der Waals surface area contributed by atoms with Crippen LogP contribution < -0.4 is 0 Å². The average molecular weight is 199 g/mol. The standard InChI is InChI=1S/C10H11FOS/c1-13(2)7-10(12)8-3-5-9(11)6-4-8/h3-7H,1-2H3/p+1/b10-7-. The van der Waals surface area contributed by atoms with E-state index in [9.17, 15) is 9.50 Å². The van der Waals surface area contributed by atoms with Crippen molar-refractivity contribution in [2.24, 2.45) is 0 Å². The van der Waals surface area contributed by atoms with Crippen LogP contribution in [0.3, 0.4) is 0 Å². The summed E-state index contributed by atoms with van der Waals surface area (Å²) >= 11 is 0. The molecule has 3 heteroatoms. The number of hydrogen-bond donors (Lipinski definition) is 1. The van der Waals surface area contributed by atoms with E-state index in [1.807, 2.05) is 12.5 Å². The molecule has 0 heterocycles. The monoisotopic (exact) mass is 199 g/mol.